The van der Waals surface area contributed by atoms with Crippen molar-refractivity contribution in [2.75, 3.05) is 7.05 Å². The van der Waals surface area contributed by atoms with Crippen LogP contribution in [0.25, 0.3) is 22.4 Å². The van der Waals surface area contributed by atoms with Crippen LogP contribution in [0.1, 0.15) is 43.0 Å². The summed E-state index contributed by atoms with van der Waals surface area (Å²) in [6.07, 6.45) is 4.88. The summed E-state index contributed by atoms with van der Waals surface area (Å²) in [5.74, 6) is 0.0985. The number of carbonyl (C=O) groups excluding carboxylic acids is 2. The van der Waals surface area contributed by atoms with E-state index in [-0.39, 0.29) is 23.9 Å². The molecule has 1 aromatic heterocycles. The Bertz CT molecular complexity index is 1030. The summed E-state index contributed by atoms with van der Waals surface area (Å²) in [5, 5.41) is 10.0. The molecule has 160 valence electrons. The predicted molar refractivity (Wildman–Crippen MR) is 121 cm³/mol. The highest BCUT2D eigenvalue weighted by atomic mass is 16.2. The number of rotatable bonds is 6. The number of carbonyl (C=O) groups is 2. The van der Waals surface area contributed by atoms with E-state index in [4.69, 9.17) is 0 Å². The third kappa shape index (κ3) is 4.68. The van der Waals surface area contributed by atoms with Crippen molar-refractivity contribution >= 4 is 11.8 Å². The summed E-state index contributed by atoms with van der Waals surface area (Å²) in [7, 11) is 1.86. The van der Waals surface area contributed by atoms with E-state index in [0.29, 0.717) is 12.0 Å². The molecule has 1 fully saturated rings. The Kier molecular flexibility index (Phi) is 6.16. The minimum absolute atomic E-state index is 0.0219. The molecule has 2 amide bonds. The zero-order valence-corrected chi connectivity index (χ0v) is 18.0. The van der Waals surface area contributed by atoms with E-state index in [0.717, 1.165) is 41.6 Å². The first-order valence-corrected chi connectivity index (χ1v) is 10.8. The molecule has 31 heavy (non-hydrogen) atoms. The number of aromatic amines is 1. The van der Waals surface area contributed by atoms with E-state index in [2.05, 4.69) is 39.8 Å². The van der Waals surface area contributed by atoms with Gasteiger partial charge in [0, 0.05) is 37.3 Å². The van der Waals surface area contributed by atoms with Crippen molar-refractivity contribution in [3.05, 3.63) is 66.4 Å². The lowest BCUT2D eigenvalue weighted by molar-refractivity contribution is -0.121. The standard InChI is InChI=1S/C25H28N4O2/c1-3-24(30)27-21-12-13-22(16-21)29(2)25(31)20-10-6-18(7-11-20)17-4-8-19(9-5-17)23-14-15-26-28-23/h4-11,14-15,21-22H,3,12-13,16H2,1-2H3,(H,26,28)(H,27,30)/t21-,22+/m0/s1. The second kappa shape index (κ2) is 9.16. The van der Waals surface area contributed by atoms with Crippen LogP contribution in [0.3, 0.4) is 0 Å². The summed E-state index contributed by atoms with van der Waals surface area (Å²) in [4.78, 5) is 26.4. The van der Waals surface area contributed by atoms with Crippen LogP contribution in [0.15, 0.2) is 60.8 Å². The molecule has 0 aliphatic heterocycles. The second-order valence-corrected chi connectivity index (χ2v) is 8.13. The summed E-state index contributed by atoms with van der Waals surface area (Å²) < 4.78 is 0. The maximum atomic E-state index is 13.0. The third-order valence-corrected chi connectivity index (χ3v) is 6.12. The van der Waals surface area contributed by atoms with Gasteiger partial charge in [-0.05, 0) is 54.2 Å². The van der Waals surface area contributed by atoms with Crippen molar-refractivity contribution < 1.29 is 9.59 Å². The summed E-state index contributed by atoms with van der Waals surface area (Å²) >= 11 is 0. The Morgan fingerprint density at radius 2 is 1.65 bits per heavy atom. The second-order valence-electron chi connectivity index (χ2n) is 8.13. The Morgan fingerprint density at radius 3 is 2.26 bits per heavy atom. The Balaban J connectivity index is 1.39. The molecule has 6 nitrogen and oxygen atoms in total. The smallest absolute Gasteiger partial charge is 0.253 e. The lowest BCUT2D eigenvalue weighted by Crippen LogP contribution is -2.38. The molecule has 0 unspecified atom stereocenters. The van der Waals surface area contributed by atoms with Crippen LogP contribution in [0.2, 0.25) is 0 Å². The highest BCUT2D eigenvalue weighted by Crippen LogP contribution is 2.27. The fourth-order valence-electron chi connectivity index (χ4n) is 4.20. The fraction of sp³-hybridized carbons (Fsp3) is 0.320. The van der Waals surface area contributed by atoms with Crippen LogP contribution in [-0.4, -0.2) is 46.0 Å². The zero-order valence-electron chi connectivity index (χ0n) is 18.0. The monoisotopic (exact) mass is 416 g/mol. The third-order valence-electron chi connectivity index (χ3n) is 6.12. The molecule has 0 spiro atoms. The van der Waals surface area contributed by atoms with Gasteiger partial charge in [-0.3, -0.25) is 14.7 Å². The van der Waals surface area contributed by atoms with Gasteiger partial charge in [0.15, 0.2) is 0 Å². The maximum Gasteiger partial charge on any atom is 0.253 e. The summed E-state index contributed by atoms with van der Waals surface area (Å²) in [6.45, 7) is 1.86. The van der Waals surface area contributed by atoms with Crippen LogP contribution < -0.4 is 5.32 Å². The summed E-state index contributed by atoms with van der Waals surface area (Å²) in [5.41, 5.74) is 4.92. The molecule has 4 rings (SSSR count). The molecule has 0 saturated heterocycles. The van der Waals surface area contributed by atoms with Crippen molar-refractivity contribution in [2.45, 2.75) is 44.7 Å². The number of nitrogens with zero attached hydrogens (tertiary/aromatic N) is 2. The van der Waals surface area contributed by atoms with Crippen LogP contribution >= 0.6 is 0 Å². The largest absolute Gasteiger partial charge is 0.353 e. The van der Waals surface area contributed by atoms with Gasteiger partial charge in [-0.25, -0.2) is 0 Å². The van der Waals surface area contributed by atoms with E-state index >= 15 is 0 Å². The highest BCUT2D eigenvalue weighted by Gasteiger charge is 2.30. The molecule has 1 aliphatic rings. The molecular formula is C25H28N4O2. The number of benzene rings is 2. The lowest BCUT2D eigenvalue weighted by atomic mass is 10.0. The van der Waals surface area contributed by atoms with Gasteiger partial charge in [0.1, 0.15) is 0 Å². The van der Waals surface area contributed by atoms with E-state index in [1.54, 1.807) is 6.20 Å². The number of amides is 2. The van der Waals surface area contributed by atoms with Crippen LogP contribution in [0.5, 0.6) is 0 Å². The van der Waals surface area contributed by atoms with E-state index in [9.17, 15) is 9.59 Å². The first kappa shape index (κ1) is 20.8. The Hall–Kier alpha value is -3.41. The van der Waals surface area contributed by atoms with Gasteiger partial charge < -0.3 is 10.2 Å². The fourth-order valence-corrected chi connectivity index (χ4v) is 4.20. The molecular weight excluding hydrogens is 388 g/mol. The number of nitrogens with one attached hydrogen (secondary N) is 2. The Labute approximate surface area is 182 Å². The topological polar surface area (TPSA) is 78.1 Å². The molecule has 1 saturated carbocycles. The first-order valence-electron chi connectivity index (χ1n) is 10.8. The van der Waals surface area contributed by atoms with Gasteiger partial charge in [0.25, 0.3) is 5.91 Å². The minimum Gasteiger partial charge on any atom is -0.353 e. The van der Waals surface area contributed by atoms with Gasteiger partial charge in [-0.1, -0.05) is 43.3 Å². The molecule has 1 aliphatic carbocycles. The first-order chi connectivity index (χ1) is 15.0. The van der Waals surface area contributed by atoms with Gasteiger partial charge >= 0.3 is 0 Å². The number of hydrogen-bond donors (Lipinski definition) is 2. The highest BCUT2D eigenvalue weighted by molar-refractivity contribution is 5.94. The number of hydrogen-bond acceptors (Lipinski definition) is 3. The van der Waals surface area contributed by atoms with Gasteiger partial charge in [0.05, 0.1) is 5.69 Å². The zero-order chi connectivity index (χ0) is 21.8. The number of aromatic nitrogens is 2. The summed E-state index contributed by atoms with van der Waals surface area (Å²) in [6, 6.07) is 18.3. The molecule has 0 radical (unpaired) electrons. The number of H-pyrrole nitrogens is 1. The molecule has 1 heterocycles. The normalized spacial score (nSPS) is 18.0. The molecule has 2 atom stereocenters. The molecule has 0 bridgehead atoms. The molecule has 2 aromatic carbocycles. The molecule has 3 aromatic rings. The van der Waals surface area contributed by atoms with Gasteiger partial charge in [-0.15, -0.1) is 0 Å². The average molecular weight is 417 g/mol. The van der Waals surface area contributed by atoms with Crippen molar-refractivity contribution in [2.24, 2.45) is 0 Å². The molecule has 2 N–H and O–H groups in total. The van der Waals surface area contributed by atoms with E-state index in [1.807, 2.05) is 49.2 Å². The van der Waals surface area contributed by atoms with Crippen LogP contribution in [-0.2, 0) is 4.79 Å². The molecule has 6 heteroatoms. The average Bonchev–Trinajstić information content (AvgIpc) is 3.51. The maximum absolute atomic E-state index is 13.0. The van der Waals surface area contributed by atoms with E-state index in [1.165, 1.54) is 0 Å². The minimum atomic E-state index is 0.0219. The SMILES string of the molecule is CCC(=O)N[C@H]1CC[C@@H](N(C)C(=O)c2ccc(-c3ccc(-c4ccn[nH]4)cc3)cc2)C1. The Morgan fingerprint density at radius 1 is 1.00 bits per heavy atom. The van der Waals surface area contributed by atoms with Crippen LogP contribution in [0, 0.1) is 0 Å². The van der Waals surface area contributed by atoms with Gasteiger partial charge in [0.2, 0.25) is 5.91 Å². The van der Waals surface area contributed by atoms with Crippen molar-refractivity contribution in [1.29, 1.82) is 0 Å². The van der Waals surface area contributed by atoms with Crippen molar-refractivity contribution in [3.8, 4) is 22.4 Å². The van der Waals surface area contributed by atoms with E-state index < -0.39 is 0 Å². The van der Waals surface area contributed by atoms with Crippen molar-refractivity contribution in [3.63, 3.8) is 0 Å². The quantitative estimate of drug-likeness (QED) is 0.630. The van der Waals surface area contributed by atoms with Crippen LogP contribution in [0.4, 0.5) is 0 Å². The lowest BCUT2D eigenvalue weighted by Gasteiger charge is -2.25. The predicted octanol–water partition coefficient (Wildman–Crippen LogP) is 4.26. The van der Waals surface area contributed by atoms with Gasteiger partial charge in [-0.2, -0.15) is 5.10 Å². The van der Waals surface area contributed by atoms with Crippen molar-refractivity contribution in [1.82, 2.24) is 20.4 Å².